The van der Waals surface area contributed by atoms with Crippen LogP contribution >= 0.6 is 15.9 Å². The number of oxazole rings is 1. The predicted molar refractivity (Wildman–Crippen MR) is 70.3 cm³/mol. The van der Waals surface area contributed by atoms with Crippen molar-refractivity contribution in [2.24, 2.45) is 0 Å². The van der Waals surface area contributed by atoms with Crippen molar-refractivity contribution in [1.29, 1.82) is 0 Å². The van der Waals surface area contributed by atoms with Crippen molar-refractivity contribution >= 4 is 21.9 Å². The van der Waals surface area contributed by atoms with Gasteiger partial charge in [0.05, 0.1) is 6.61 Å². The molecule has 0 radical (unpaired) electrons. The van der Waals surface area contributed by atoms with Gasteiger partial charge in [-0.1, -0.05) is 27.6 Å². The second-order valence-electron chi connectivity index (χ2n) is 3.73. The Morgan fingerprint density at radius 3 is 3.00 bits per heavy atom. The summed E-state index contributed by atoms with van der Waals surface area (Å²) in [5.74, 6) is -0.0568. The Hall–Kier alpha value is -1.62. The monoisotopic (exact) mass is 309 g/mol. The molecule has 0 aliphatic heterocycles. The Labute approximate surface area is 113 Å². The fourth-order valence-electron chi connectivity index (χ4n) is 1.60. The molecule has 0 N–H and O–H groups in total. The van der Waals surface area contributed by atoms with Crippen molar-refractivity contribution in [3.8, 4) is 11.3 Å². The molecule has 1 aromatic heterocycles. The highest BCUT2D eigenvalue weighted by Gasteiger charge is 2.20. The lowest BCUT2D eigenvalue weighted by Gasteiger charge is -2.04. The minimum Gasteiger partial charge on any atom is -0.461 e. The van der Waals surface area contributed by atoms with E-state index in [1.807, 2.05) is 25.1 Å². The van der Waals surface area contributed by atoms with Crippen LogP contribution in [0.5, 0.6) is 0 Å². The van der Waals surface area contributed by atoms with Crippen molar-refractivity contribution in [3.63, 3.8) is 0 Å². The highest BCUT2D eigenvalue weighted by atomic mass is 79.9. The standard InChI is InChI=1S/C13H12BrNO3/c1-3-17-13(16)11-12(18-7-15-11)9-6-8(2)4-5-10(9)14/h4-7H,3H2,1-2H3. The van der Waals surface area contributed by atoms with Gasteiger partial charge in [-0.05, 0) is 26.0 Å². The average Bonchev–Trinajstić information content (AvgIpc) is 2.81. The van der Waals surface area contributed by atoms with Gasteiger partial charge < -0.3 is 9.15 Å². The first-order valence-electron chi connectivity index (χ1n) is 5.50. The Morgan fingerprint density at radius 1 is 1.50 bits per heavy atom. The third-order valence-corrected chi connectivity index (χ3v) is 3.09. The van der Waals surface area contributed by atoms with E-state index in [9.17, 15) is 4.79 Å². The number of hydrogen-bond donors (Lipinski definition) is 0. The molecular formula is C13H12BrNO3. The third kappa shape index (κ3) is 2.46. The molecule has 18 heavy (non-hydrogen) atoms. The Balaban J connectivity index is 2.48. The highest BCUT2D eigenvalue weighted by Crippen LogP contribution is 2.31. The number of aromatic nitrogens is 1. The number of carbonyl (C=O) groups is 1. The molecule has 4 nitrogen and oxygen atoms in total. The Morgan fingerprint density at radius 2 is 2.28 bits per heavy atom. The van der Waals surface area contributed by atoms with Gasteiger partial charge in [0.15, 0.2) is 17.8 Å². The summed E-state index contributed by atoms with van der Waals surface area (Å²) in [6, 6.07) is 5.80. The summed E-state index contributed by atoms with van der Waals surface area (Å²) in [5, 5.41) is 0. The van der Waals surface area contributed by atoms with Crippen LogP contribution in [-0.4, -0.2) is 17.6 Å². The first kappa shape index (κ1) is 12.8. The van der Waals surface area contributed by atoms with E-state index in [2.05, 4.69) is 20.9 Å². The molecule has 0 unspecified atom stereocenters. The molecule has 0 saturated heterocycles. The predicted octanol–water partition coefficient (Wildman–Crippen LogP) is 3.59. The Kier molecular flexibility index (Phi) is 3.81. The molecule has 1 heterocycles. The third-order valence-electron chi connectivity index (χ3n) is 2.40. The van der Waals surface area contributed by atoms with E-state index in [0.717, 1.165) is 15.6 Å². The fraction of sp³-hybridized carbons (Fsp3) is 0.231. The molecule has 0 spiro atoms. The second kappa shape index (κ2) is 5.35. The van der Waals surface area contributed by atoms with Crippen molar-refractivity contribution in [2.75, 3.05) is 6.61 Å². The van der Waals surface area contributed by atoms with Gasteiger partial charge in [-0.3, -0.25) is 0 Å². The van der Waals surface area contributed by atoms with E-state index in [1.54, 1.807) is 6.92 Å². The zero-order chi connectivity index (χ0) is 13.1. The lowest BCUT2D eigenvalue weighted by Crippen LogP contribution is -2.06. The van der Waals surface area contributed by atoms with E-state index in [-0.39, 0.29) is 5.69 Å². The summed E-state index contributed by atoms with van der Waals surface area (Å²) in [6.07, 6.45) is 1.25. The lowest BCUT2D eigenvalue weighted by atomic mass is 10.1. The smallest absolute Gasteiger partial charge is 0.360 e. The molecule has 0 aliphatic carbocycles. The maximum atomic E-state index is 11.7. The van der Waals surface area contributed by atoms with Crippen LogP contribution < -0.4 is 0 Å². The highest BCUT2D eigenvalue weighted by molar-refractivity contribution is 9.10. The van der Waals surface area contributed by atoms with E-state index >= 15 is 0 Å². The van der Waals surface area contributed by atoms with Crippen LogP contribution in [0.3, 0.4) is 0 Å². The van der Waals surface area contributed by atoms with E-state index in [0.29, 0.717) is 12.4 Å². The van der Waals surface area contributed by atoms with Gasteiger partial charge in [0, 0.05) is 10.0 Å². The molecule has 5 heteroatoms. The number of benzene rings is 1. The molecule has 1 aromatic carbocycles. The first-order chi connectivity index (χ1) is 8.63. The van der Waals surface area contributed by atoms with E-state index < -0.39 is 5.97 Å². The molecule has 0 bridgehead atoms. The number of aryl methyl sites for hydroxylation is 1. The summed E-state index contributed by atoms with van der Waals surface area (Å²) >= 11 is 3.43. The number of nitrogens with zero attached hydrogens (tertiary/aromatic N) is 1. The topological polar surface area (TPSA) is 52.3 Å². The largest absolute Gasteiger partial charge is 0.461 e. The normalized spacial score (nSPS) is 10.4. The maximum absolute atomic E-state index is 11.7. The summed E-state index contributed by atoms with van der Waals surface area (Å²) in [5.41, 5.74) is 2.05. The van der Waals surface area contributed by atoms with Crippen LogP contribution in [0, 0.1) is 6.92 Å². The van der Waals surface area contributed by atoms with Crippen LogP contribution in [0.2, 0.25) is 0 Å². The Bertz CT molecular complexity index is 577. The van der Waals surface area contributed by atoms with E-state index in [1.165, 1.54) is 6.39 Å². The van der Waals surface area contributed by atoms with Gasteiger partial charge >= 0.3 is 5.97 Å². The van der Waals surface area contributed by atoms with Gasteiger partial charge in [-0.15, -0.1) is 0 Å². The molecule has 0 amide bonds. The number of esters is 1. The van der Waals surface area contributed by atoms with Crippen LogP contribution in [0.4, 0.5) is 0 Å². The minimum absolute atomic E-state index is 0.197. The molecule has 0 atom stereocenters. The van der Waals surface area contributed by atoms with Crippen molar-refractivity contribution in [1.82, 2.24) is 4.98 Å². The van der Waals surface area contributed by atoms with Crippen LogP contribution in [-0.2, 0) is 4.74 Å². The molecule has 0 saturated carbocycles. The number of halogens is 1. The number of hydrogen-bond acceptors (Lipinski definition) is 4. The van der Waals surface area contributed by atoms with Crippen molar-refractivity contribution in [2.45, 2.75) is 13.8 Å². The van der Waals surface area contributed by atoms with Gasteiger partial charge in [-0.2, -0.15) is 0 Å². The molecular weight excluding hydrogens is 298 g/mol. The fourth-order valence-corrected chi connectivity index (χ4v) is 2.02. The van der Waals surface area contributed by atoms with Gasteiger partial charge in [0.25, 0.3) is 0 Å². The van der Waals surface area contributed by atoms with Crippen molar-refractivity contribution < 1.29 is 13.9 Å². The number of ether oxygens (including phenoxy) is 1. The van der Waals surface area contributed by atoms with Crippen LogP contribution in [0.1, 0.15) is 23.0 Å². The molecule has 0 aliphatic rings. The van der Waals surface area contributed by atoms with Crippen molar-refractivity contribution in [3.05, 3.63) is 40.3 Å². The number of rotatable bonds is 3. The molecule has 2 rings (SSSR count). The SMILES string of the molecule is CCOC(=O)c1ncoc1-c1cc(C)ccc1Br. The van der Waals surface area contributed by atoms with Crippen LogP contribution in [0.15, 0.2) is 33.5 Å². The van der Waals surface area contributed by atoms with Gasteiger partial charge in [0.2, 0.25) is 0 Å². The summed E-state index contributed by atoms with van der Waals surface area (Å²) in [6.45, 7) is 4.02. The quantitative estimate of drug-likeness (QED) is 0.813. The first-order valence-corrected chi connectivity index (χ1v) is 6.30. The van der Waals surface area contributed by atoms with E-state index in [4.69, 9.17) is 9.15 Å². The lowest BCUT2D eigenvalue weighted by molar-refractivity contribution is 0.0520. The van der Waals surface area contributed by atoms with Gasteiger partial charge in [-0.25, -0.2) is 9.78 Å². The molecule has 2 aromatic rings. The zero-order valence-electron chi connectivity index (χ0n) is 10.1. The maximum Gasteiger partial charge on any atom is 0.360 e. The summed E-state index contributed by atoms with van der Waals surface area (Å²) in [7, 11) is 0. The van der Waals surface area contributed by atoms with Gasteiger partial charge in [0.1, 0.15) is 0 Å². The second-order valence-corrected chi connectivity index (χ2v) is 4.59. The number of carbonyl (C=O) groups excluding carboxylic acids is 1. The average molecular weight is 310 g/mol. The summed E-state index contributed by atoms with van der Waals surface area (Å²) < 4.78 is 11.1. The molecule has 0 fully saturated rings. The van der Waals surface area contributed by atoms with Crippen LogP contribution in [0.25, 0.3) is 11.3 Å². The minimum atomic E-state index is -0.477. The summed E-state index contributed by atoms with van der Waals surface area (Å²) in [4.78, 5) is 15.7. The molecule has 94 valence electrons. The zero-order valence-corrected chi connectivity index (χ0v) is 11.7.